The highest BCUT2D eigenvalue weighted by Crippen LogP contribution is 2.29. The molecule has 1 N–H and O–H groups in total. The number of amides is 2. The van der Waals surface area contributed by atoms with Crippen LogP contribution in [0.25, 0.3) is 10.7 Å². The zero-order valence-electron chi connectivity index (χ0n) is 13.1. The first kappa shape index (κ1) is 14.9. The maximum absolute atomic E-state index is 12.3. The molecule has 122 valence electrons. The van der Waals surface area contributed by atoms with E-state index in [-0.39, 0.29) is 11.9 Å². The fourth-order valence-corrected chi connectivity index (χ4v) is 3.26. The van der Waals surface area contributed by atoms with E-state index >= 15 is 0 Å². The standard InChI is InChI=1S/C17H16N4O2S/c1-11-5-2-3-6-13(11)18-17(22)21-9-12(10-21)16-19-15(20-23-16)14-7-4-8-24-14/h2-8,12H,9-10H2,1H3,(H,18,22). The summed E-state index contributed by atoms with van der Waals surface area (Å²) in [7, 11) is 0. The molecule has 0 unspecified atom stereocenters. The van der Waals surface area contributed by atoms with Gasteiger partial charge in [-0.25, -0.2) is 4.79 Å². The third-order valence-corrected chi connectivity index (χ3v) is 4.95. The Morgan fingerprint density at radius 1 is 1.29 bits per heavy atom. The first-order valence-electron chi connectivity index (χ1n) is 7.70. The molecule has 2 aromatic heterocycles. The maximum atomic E-state index is 12.3. The minimum atomic E-state index is -0.0986. The predicted octanol–water partition coefficient (Wildman–Crippen LogP) is 3.74. The van der Waals surface area contributed by atoms with Gasteiger partial charge < -0.3 is 14.7 Å². The van der Waals surface area contributed by atoms with Crippen molar-refractivity contribution in [1.82, 2.24) is 15.0 Å². The molecule has 3 aromatic rings. The number of carbonyl (C=O) groups excluding carboxylic acids is 1. The number of aromatic nitrogens is 2. The van der Waals surface area contributed by atoms with Gasteiger partial charge in [-0.3, -0.25) is 0 Å². The number of likely N-dealkylation sites (tertiary alicyclic amines) is 1. The molecule has 1 fully saturated rings. The number of rotatable bonds is 3. The van der Waals surface area contributed by atoms with E-state index in [1.807, 2.05) is 48.7 Å². The number of carbonyl (C=O) groups is 1. The van der Waals surface area contributed by atoms with Crippen LogP contribution in [0.3, 0.4) is 0 Å². The molecular weight excluding hydrogens is 324 g/mol. The van der Waals surface area contributed by atoms with Gasteiger partial charge in [0, 0.05) is 18.8 Å². The Kier molecular flexibility index (Phi) is 3.78. The molecule has 7 heteroatoms. The van der Waals surface area contributed by atoms with E-state index in [2.05, 4.69) is 15.5 Å². The molecular formula is C17H16N4O2S. The first-order valence-corrected chi connectivity index (χ1v) is 8.58. The molecule has 4 rings (SSSR count). The van der Waals surface area contributed by atoms with Crippen molar-refractivity contribution in [2.45, 2.75) is 12.8 Å². The largest absolute Gasteiger partial charge is 0.339 e. The Morgan fingerprint density at radius 3 is 2.88 bits per heavy atom. The highest BCUT2D eigenvalue weighted by Gasteiger charge is 2.35. The van der Waals surface area contributed by atoms with Gasteiger partial charge in [0.2, 0.25) is 11.7 Å². The minimum absolute atomic E-state index is 0.0986. The van der Waals surface area contributed by atoms with Crippen LogP contribution in [0, 0.1) is 6.92 Å². The van der Waals surface area contributed by atoms with Crippen molar-refractivity contribution < 1.29 is 9.32 Å². The molecule has 1 aliphatic rings. The summed E-state index contributed by atoms with van der Waals surface area (Å²) in [5.74, 6) is 1.31. The minimum Gasteiger partial charge on any atom is -0.339 e. The Hall–Kier alpha value is -2.67. The predicted molar refractivity (Wildman–Crippen MR) is 92.1 cm³/mol. The fraction of sp³-hybridized carbons (Fsp3) is 0.235. The number of nitrogens with one attached hydrogen (secondary N) is 1. The summed E-state index contributed by atoms with van der Waals surface area (Å²) < 4.78 is 5.35. The van der Waals surface area contributed by atoms with E-state index in [0.29, 0.717) is 24.8 Å². The van der Waals surface area contributed by atoms with Crippen molar-refractivity contribution >= 4 is 23.1 Å². The first-order chi connectivity index (χ1) is 11.7. The lowest BCUT2D eigenvalue weighted by molar-refractivity contribution is 0.147. The second-order valence-corrected chi connectivity index (χ2v) is 6.73. The van der Waals surface area contributed by atoms with Gasteiger partial charge in [-0.05, 0) is 30.0 Å². The third-order valence-electron chi connectivity index (χ3n) is 4.09. The van der Waals surface area contributed by atoms with Gasteiger partial charge in [-0.1, -0.05) is 29.4 Å². The number of aryl methyl sites for hydroxylation is 1. The van der Waals surface area contributed by atoms with E-state index in [0.717, 1.165) is 16.1 Å². The molecule has 0 saturated carbocycles. The van der Waals surface area contributed by atoms with Crippen LogP contribution in [0.1, 0.15) is 17.4 Å². The fourth-order valence-electron chi connectivity index (χ4n) is 2.61. The van der Waals surface area contributed by atoms with E-state index in [9.17, 15) is 4.79 Å². The third kappa shape index (κ3) is 2.78. The lowest BCUT2D eigenvalue weighted by Crippen LogP contribution is -2.50. The summed E-state index contributed by atoms with van der Waals surface area (Å²) in [5, 5.41) is 8.93. The van der Waals surface area contributed by atoms with Crippen molar-refractivity contribution in [3.05, 3.63) is 53.2 Å². The summed E-state index contributed by atoms with van der Waals surface area (Å²) in [6.07, 6.45) is 0. The maximum Gasteiger partial charge on any atom is 0.321 e. The summed E-state index contributed by atoms with van der Waals surface area (Å²) >= 11 is 1.58. The van der Waals surface area contributed by atoms with E-state index in [1.165, 1.54) is 0 Å². The van der Waals surface area contributed by atoms with Gasteiger partial charge in [0.1, 0.15) is 0 Å². The van der Waals surface area contributed by atoms with E-state index in [1.54, 1.807) is 16.2 Å². The molecule has 0 radical (unpaired) electrons. The highest BCUT2D eigenvalue weighted by atomic mass is 32.1. The van der Waals surface area contributed by atoms with Crippen LogP contribution >= 0.6 is 11.3 Å². The van der Waals surface area contributed by atoms with Crippen LogP contribution in [0.15, 0.2) is 46.3 Å². The van der Waals surface area contributed by atoms with Crippen LogP contribution in [0.5, 0.6) is 0 Å². The molecule has 3 heterocycles. The molecule has 1 saturated heterocycles. The molecule has 0 aliphatic carbocycles. The average molecular weight is 340 g/mol. The zero-order valence-corrected chi connectivity index (χ0v) is 13.9. The molecule has 0 spiro atoms. The zero-order chi connectivity index (χ0) is 16.5. The van der Waals surface area contributed by atoms with Crippen LogP contribution < -0.4 is 5.32 Å². The number of nitrogens with zero attached hydrogens (tertiary/aromatic N) is 3. The van der Waals surface area contributed by atoms with Gasteiger partial charge in [0.15, 0.2) is 0 Å². The van der Waals surface area contributed by atoms with E-state index < -0.39 is 0 Å². The number of hydrogen-bond acceptors (Lipinski definition) is 5. The van der Waals surface area contributed by atoms with Gasteiger partial charge in [0.05, 0.1) is 10.8 Å². The molecule has 2 amide bonds. The van der Waals surface area contributed by atoms with Crippen LogP contribution in [-0.4, -0.2) is 34.2 Å². The van der Waals surface area contributed by atoms with Crippen LogP contribution in [-0.2, 0) is 0 Å². The summed E-state index contributed by atoms with van der Waals surface area (Å²) in [6.45, 7) is 3.15. The van der Waals surface area contributed by atoms with Gasteiger partial charge in [-0.15, -0.1) is 11.3 Å². The van der Waals surface area contributed by atoms with Crippen molar-refractivity contribution in [1.29, 1.82) is 0 Å². The van der Waals surface area contributed by atoms with Crippen LogP contribution in [0.4, 0.5) is 10.5 Å². The normalized spacial score (nSPS) is 14.5. The highest BCUT2D eigenvalue weighted by molar-refractivity contribution is 7.13. The smallest absolute Gasteiger partial charge is 0.321 e. The molecule has 6 nitrogen and oxygen atoms in total. The monoisotopic (exact) mass is 340 g/mol. The Bertz CT molecular complexity index is 853. The molecule has 0 atom stereocenters. The number of benzene rings is 1. The SMILES string of the molecule is Cc1ccccc1NC(=O)N1CC(c2nc(-c3cccs3)no2)C1. The van der Waals surface area contributed by atoms with Gasteiger partial charge >= 0.3 is 6.03 Å². The number of urea groups is 1. The van der Waals surface area contributed by atoms with Crippen molar-refractivity contribution in [2.75, 3.05) is 18.4 Å². The number of hydrogen-bond donors (Lipinski definition) is 1. The summed E-state index contributed by atoms with van der Waals surface area (Å²) in [4.78, 5) is 19.4. The van der Waals surface area contributed by atoms with Gasteiger partial charge in [-0.2, -0.15) is 4.98 Å². The van der Waals surface area contributed by atoms with E-state index in [4.69, 9.17) is 4.52 Å². The summed E-state index contributed by atoms with van der Waals surface area (Å²) in [6, 6.07) is 11.5. The molecule has 1 aromatic carbocycles. The lowest BCUT2D eigenvalue weighted by atomic mass is 10.0. The Morgan fingerprint density at radius 2 is 2.12 bits per heavy atom. The summed E-state index contributed by atoms with van der Waals surface area (Å²) in [5.41, 5.74) is 1.88. The Balaban J connectivity index is 1.36. The second kappa shape index (κ2) is 6.09. The van der Waals surface area contributed by atoms with Crippen molar-refractivity contribution in [3.8, 4) is 10.7 Å². The number of thiophene rings is 1. The van der Waals surface area contributed by atoms with Crippen molar-refractivity contribution in [3.63, 3.8) is 0 Å². The second-order valence-electron chi connectivity index (χ2n) is 5.78. The lowest BCUT2D eigenvalue weighted by Gasteiger charge is -2.37. The van der Waals surface area contributed by atoms with Gasteiger partial charge in [0.25, 0.3) is 0 Å². The molecule has 1 aliphatic heterocycles. The van der Waals surface area contributed by atoms with Crippen LogP contribution in [0.2, 0.25) is 0 Å². The quantitative estimate of drug-likeness (QED) is 0.788. The topological polar surface area (TPSA) is 71.3 Å². The number of para-hydroxylation sites is 1. The number of anilines is 1. The average Bonchev–Trinajstić information content (AvgIpc) is 3.19. The molecule has 0 bridgehead atoms. The molecule has 24 heavy (non-hydrogen) atoms. The Labute approximate surface area is 143 Å². The van der Waals surface area contributed by atoms with Crippen molar-refractivity contribution in [2.24, 2.45) is 0 Å².